The van der Waals surface area contributed by atoms with E-state index in [-0.39, 0.29) is 5.75 Å². The lowest BCUT2D eigenvalue weighted by molar-refractivity contribution is 0.386. The molecule has 2 rings (SSSR count). The molecule has 0 fully saturated rings. The van der Waals surface area contributed by atoms with Gasteiger partial charge in [-0.25, -0.2) is 8.78 Å². The van der Waals surface area contributed by atoms with Crippen LogP contribution in [-0.4, -0.2) is 7.11 Å². The molecule has 2 nitrogen and oxygen atoms in total. The summed E-state index contributed by atoms with van der Waals surface area (Å²) in [5.41, 5.74) is 6.76. The summed E-state index contributed by atoms with van der Waals surface area (Å²) in [5, 5.41) is 0. The molecule has 2 aromatic rings. The predicted octanol–water partition coefficient (Wildman–Crippen LogP) is 3.02. The Labute approximate surface area is 104 Å². The summed E-state index contributed by atoms with van der Waals surface area (Å²) in [5.74, 6) is -0.775. The molecule has 94 valence electrons. The Kier molecular flexibility index (Phi) is 3.58. The summed E-state index contributed by atoms with van der Waals surface area (Å²) < 4.78 is 31.9. The SMILES string of the molecule is COc1ccc(C(N)c2ccccc2F)cc1F. The van der Waals surface area contributed by atoms with Crippen LogP contribution in [0.5, 0.6) is 5.75 Å². The lowest BCUT2D eigenvalue weighted by atomic mass is 9.99. The minimum absolute atomic E-state index is 0.138. The van der Waals surface area contributed by atoms with Crippen LogP contribution in [-0.2, 0) is 0 Å². The Morgan fingerprint density at radius 1 is 1.06 bits per heavy atom. The van der Waals surface area contributed by atoms with E-state index in [9.17, 15) is 8.78 Å². The van der Waals surface area contributed by atoms with Crippen molar-refractivity contribution in [3.63, 3.8) is 0 Å². The molecule has 0 bridgehead atoms. The molecule has 4 heteroatoms. The fourth-order valence-corrected chi connectivity index (χ4v) is 1.78. The van der Waals surface area contributed by atoms with Crippen LogP contribution in [0.15, 0.2) is 42.5 Å². The minimum Gasteiger partial charge on any atom is -0.494 e. The van der Waals surface area contributed by atoms with E-state index >= 15 is 0 Å². The quantitative estimate of drug-likeness (QED) is 0.907. The summed E-state index contributed by atoms with van der Waals surface area (Å²) >= 11 is 0. The highest BCUT2D eigenvalue weighted by Gasteiger charge is 2.14. The van der Waals surface area contributed by atoms with Crippen molar-refractivity contribution in [3.8, 4) is 5.75 Å². The highest BCUT2D eigenvalue weighted by atomic mass is 19.1. The van der Waals surface area contributed by atoms with Crippen LogP contribution < -0.4 is 10.5 Å². The van der Waals surface area contributed by atoms with E-state index in [1.54, 1.807) is 24.3 Å². The van der Waals surface area contributed by atoms with E-state index in [4.69, 9.17) is 10.5 Å². The average Bonchev–Trinajstić information content (AvgIpc) is 2.38. The molecule has 2 aromatic carbocycles. The molecule has 0 aliphatic rings. The number of methoxy groups -OCH3 is 1. The summed E-state index contributed by atoms with van der Waals surface area (Å²) in [7, 11) is 1.38. The van der Waals surface area contributed by atoms with E-state index in [1.165, 1.54) is 25.3 Å². The molecule has 0 aliphatic carbocycles. The number of nitrogens with two attached hydrogens (primary N) is 1. The van der Waals surface area contributed by atoms with Gasteiger partial charge in [-0.15, -0.1) is 0 Å². The van der Waals surface area contributed by atoms with E-state index in [0.717, 1.165) is 0 Å². The molecular formula is C14H13F2NO. The third kappa shape index (κ3) is 2.33. The third-order valence-electron chi connectivity index (χ3n) is 2.78. The number of ether oxygens (including phenoxy) is 1. The van der Waals surface area contributed by atoms with Crippen LogP contribution in [0.2, 0.25) is 0 Å². The van der Waals surface area contributed by atoms with Crippen molar-refractivity contribution in [2.45, 2.75) is 6.04 Å². The maximum Gasteiger partial charge on any atom is 0.165 e. The largest absolute Gasteiger partial charge is 0.494 e. The number of halogens is 2. The first kappa shape index (κ1) is 12.5. The number of hydrogen-bond donors (Lipinski definition) is 1. The number of benzene rings is 2. The number of rotatable bonds is 3. The van der Waals surface area contributed by atoms with E-state index in [2.05, 4.69) is 0 Å². The lowest BCUT2D eigenvalue weighted by Gasteiger charge is -2.14. The first-order chi connectivity index (χ1) is 8.63. The van der Waals surface area contributed by atoms with E-state index in [0.29, 0.717) is 11.1 Å². The zero-order valence-corrected chi connectivity index (χ0v) is 9.86. The Morgan fingerprint density at radius 3 is 2.39 bits per heavy atom. The van der Waals surface area contributed by atoms with Gasteiger partial charge in [0.1, 0.15) is 5.82 Å². The van der Waals surface area contributed by atoms with Crippen molar-refractivity contribution in [2.24, 2.45) is 5.73 Å². The minimum atomic E-state index is -0.702. The zero-order chi connectivity index (χ0) is 13.1. The molecule has 0 spiro atoms. The van der Waals surface area contributed by atoms with Gasteiger partial charge in [-0.1, -0.05) is 24.3 Å². The molecule has 1 unspecified atom stereocenters. The summed E-state index contributed by atoms with van der Waals surface area (Å²) in [6.45, 7) is 0. The maximum atomic E-state index is 13.6. The molecule has 0 amide bonds. The van der Waals surface area contributed by atoms with Crippen molar-refractivity contribution in [3.05, 3.63) is 65.2 Å². The standard InChI is InChI=1S/C14H13F2NO/c1-18-13-7-6-9(8-12(13)16)14(17)10-4-2-3-5-11(10)15/h2-8,14H,17H2,1H3. The van der Waals surface area contributed by atoms with E-state index in [1.807, 2.05) is 0 Å². The van der Waals surface area contributed by atoms with Crippen LogP contribution in [0.25, 0.3) is 0 Å². The van der Waals surface area contributed by atoms with E-state index < -0.39 is 17.7 Å². The first-order valence-electron chi connectivity index (χ1n) is 5.47. The average molecular weight is 249 g/mol. The topological polar surface area (TPSA) is 35.2 Å². The van der Waals surface area contributed by atoms with Gasteiger partial charge in [-0.2, -0.15) is 0 Å². The van der Waals surface area contributed by atoms with Gasteiger partial charge in [-0.3, -0.25) is 0 Å². The van der Waals surface area contributed by atoms with Crippen molar-refractivity contribution in [2.75, 3.05) is 7.11 Å². The van der Waals surface area contributed by atoms with Gasteiger partial charge in [0, 0.05) is 5.56 Å². The Morgan fingerprint density at radius 2 is 1.78 bits per heavy atom. The van der Waals surface area contributed by atoms with Crippen LogP contribution in [0.3, 0.4) is 0 Å². The molecule has 0 saturated carbocycles. The molecule has 18 heavy (non-hydrogen) atoms. The molecule has 2 N–H and O–H groups in total. The lowest BCUT2D eigenvalue weighted by Crippen LogP contribution is -2.13. The van der Waals surface area contributed by atoms with Gasteiger partial charge in [0.15, 0.2) is 11.6 Å². The zero-order valence-electron chi connectivity index (χ0n) is 9.86. The van der Waals surface area contributed by atoms with Gasteiger partial charge in [0.05, 0.1) is 13.2 Å². The van der Waals surface area contributed by atoms with Gasteiger partial charge < -0.3 is 10.5 Å². The second-order valence-corrected chi connectivity index (χ2v) is 3.89. The van der Waals surface area contributed by atoms with Crippen LogP contribution in [0, 0.1) is 11.6 Å². The van der Waals surface area contributed by atoms with Crippen molar-refractivity contribution < 1.29 is 13.5 Å². The van der Waals surface area contributed by atoms with Gasteiger partial charge in [0.2, 0.25) is 0 Å². The Bertz CT molecular complexity index is 557. The van der Waals surface area contributed by atoms with Gasteiger partial charge in [0.25, 0.3) is 0 Å². The predicted molar refractivity (Wildman–Crippen MR) is 65.4 cm³/mol. The molecule has 0 radical (unpaired) electrons. The number of hydrogen-bond acceptors (Lipinski definition) is 2. The van der Waals surface area contributed by atoms with Crippen molar-refractivity contribution >= 4 is 0 Å². The fourth-order valence-electron chi connectivity index (χ4n) is 1.78. The Balaban J connectivity index is 2.37. The normalized spacial score (nSPS) is 12.2. The third-order valence-corrected chi connectivity index (χ3v) is 2.78. The van der Waals surface area contributed by atoms with Crippen LogP contribution in [0.4, 0.5) is 8.78 Å². The highest BCUT2D eigenvalue weighted by Crippen LogP contribution is 2.25. The van der Waals surface area contributed by atoms with Gasteiger partial charge >= 0.3 is 0 Å². The van der Waals surface area contributed by atoms with Crippen LogP contribution >= 0.6 is 0 Å². The summed E-state index contributed by atoms with van der Waals surface area (Å²) in [6, 6.07) is 9.85. The summed E-state index contributed by atoms with van der Waals surface area (Å²) in [6.07, 6.45) is 0. The first-order valence-corrected chi connectivity index (χ1v) is 5.47. The monoisotopic (exact) mass is 249 g/mol. The van der Waals surface area contributed by atoms with Crippen molar-refractivity contribution in [1.29, 1.82) is 0 Å². The molecule has 0 aliphatic heterocycles. The maximum absolute atomic E-state index is 13.6. The van der Waals surface area contributed by atoms with Crippen LogP contribution in [0.1, 0.15) is 17.2 Å². The molecular weight excluding hydrogens is 236 g/mol. The molecule has 1 atom stereocenters. The molecule has 0 saturated heterocycles. The van der Waals surface area contributed by atoms with Gasteiger partial charge in [-0.05, 0) is 23.8 Å². The second-order valence-electron chi connectivity index (χ2n) is 3.89. The highest BCUT2D eigenvalue weighted by molar-refractivity contribution is 5.36. The summed E-state index contributed by atoms with van der Waals surface area (Å²) in [4.78, 5) is 0. The van der Waals surface area contributed by atoms with Crippen molar-refractivity contribution in [1.82, 2.24) is 0 Å². The fraction of sp³-hybridized carbons (Fsp3) is 0.143. The molecule has 0 heterocycles. The Hall–Kier alpha value is -1.94. The second kappa shape index (κ2) is 5.14. The molecule has 0 aromatic heterocycles. The smallest absolute Gasteiger partial charge is 0.165 e.